The lowest BCUT2D eigenvalue weighted by atomic mass is 9.93. The normalized spacial score (nSPS) is 25.7. The molecule has 1 aromatic heterocycles. The maximum Gasteiger partial charge on any atom is 0.124 e. The summed E-state index contributed by atoms with van der Waals surface area (Å²) in [5, 5.41) is 11.3. The van der Waals surface area contributed by atoms with Crippen molar-refractivity contribution in [1.29, 1.82) is 0 Å². The summed E-state index contributed by atoms with van der Waals surface area (Å²) < 4.78 is 1.92. The molecule has 1 fully saturated rings. The Morgan fingerprint density at radius 3 is 3.06 bits per heavy atom. The molecule has 0 bridgehead atoms. The van der Waals surface area contributed by atoms with Crippen LogP contribution in [0.25, 0.3) is 0 Å². The summed E-state index contributed by atoms with van der Waals surface area (Å²) in [4.78, 5) is 0. The summed E-state index contributed by atoms with van der Waals surface area (Å²) in [6.45, 7) is 6.50. The van der Waals surface area contributed by atoms with Crippen molar-refractivity contribution in [2.24, 2.45) is 13.0 Å². The zero-order chi connectivity index (χ0) is 11.5. The van der Waals surface area contributed by atoms with Gasteiger partial charge in [0.15, 0.2) is 0 Å². The predicted molar refractivity (Wildman–Crippen MR) is 66.6 cm³/mol. The van der Waals surface area contributed by atoms with E-state index in [9.17, 15) is 0 Å². The average molecular weight is 222 g/mol. The second-order valence-corrected chi connectivity index (χ2v) is 4.92. The average Bonchev–Trinajstić information content (AvgIpc) is 2.54. The van der Waals surface area contributed by atoms with Gasteiger partial charge in [0.05, 0.1) is 5.69 Å². The number of aromatic nitrogens is 2. The standard InChI is InChI=1S/C12H22N4/c1-9-6-11(4-5-13-9)8-14-12-7-10(2)15-16(12)3/h7,9,11,13-14H,4-6,8H2,1-3H3. The summed E-state index contributed by atoms with van der Waals surface area (Å²) in [5.74, 6) is 1.91. The lowest BCUT2D eigenvalue weighted by molar-refractivity contribution is 0.327. The van der Waals surface area contributed by atoms with Gasteiger partial charge in [0, 0.05) is 25.7 Å². The smallest absolute Gasteiger partial charge is 0.124 e. The van der Waals surface area contributed by atoms with Gasteiger partial charge in [-0.25, -0.2) is 0 Å². The van der Waals surface area contributed by atoms with E-state index in [1.54, 1.807) is 0 Å². The molecule has 0 aromatic carbocycles. The lowest BCUT2D eigenvalue weighted by Gasteiger charge is -2.28. The van der Waals surface area contributed by atoms with Crippen LogP contribution in [0.2, 0.25) is 0 Å². The van der Waals surface area contributed by atoms with E-state index in [2.05, 4.69) is 28.7 Å². The Kier molecular flexibility index (Phi) is 3.49. The number of anilines is 1. The molecular weight excluding hydrogens is 200 g/mol. The molecule has 1 aliphatic rings. The van der Waals surface area contributed by atoms with Crippen LogP contribution in [0.5, 0.6) is 0 Å². The molecule has 4 nitrogen and oxygen atoms in total. The van der Waals surface area contributed by atoms with Crippen molar-refractivity contribution in [2.45, 2.75) is 32.7 Å². The van der Waals surface area contributed by atoms with Crippen LogP contribution in [0.15, 0.2) is 6.07 Å². The SMILES string of the molecule is Cc1cc(NCC2CCNC(C)C2)n(C)n1. The molecule has 1 aliphatic heterocycles. The van der Waals surface area contributed by atoms with Gasteiger partial charge >= 0.3 is 0 Å². The number of rotatable bonds is 3. The fourth-order valence-corrected chi connectivity index (χ4v) is 2.45. The van der Waals surface area contributed by atoms with Gasteiger partial charge in [-0.3, -0.25) is 4.68 Å². The van der Waals surface area contributed by atoms with Crippen molar-refractivity contribution >= 4 is 5.82 Å². The van der Waals surface area contributed by atoms with Crippen LogP contribution >= 0.6 is 0 Å². The van der Waals surface area contributed by atoms with Crippen molar-refractivity contribution in [2.75, 3.05) is 18.4 Å². The third-order valence-corrected chi connectivity index (χ3v) is 3.31. The molecule has 2 heterocycles. The minimum atomic E-state index is 0.661. The highest BCUT2D eigenvalue weighted by atomic mass is 15.3. The van der Waals surface area contributed by atoms with Crippen molar-refractivity contribution in [1.82, 2.24) is 15.1 Å². The van der Waals surface area contributed by atoms with Crippen molar-refractivity contribution in [3.63, 3.8) is 0 Å². The Balaban J connectivity index is 1.85. The number of piperidine rings is 1. The van der Waals surface area contributed by atoms with Crippen LogP contribution in [0, 0.1) is 12.8 Å². The van der Waals surface area contributed by atoms with Crippen LogP contribution in [-0.4, -0.2) is 28.9 Å². The number of hydrogen-bond donors (Lipinski definition) is 2. The molecule has 0 aliphatic carbocycles. The van der Waals surface area contributed by atoms with Gasteiger partial charge in [0.25, 0.3) is 0 Å². The third-order valence-electron chi connectivity index (χ3n) is 3.31. The van der Waals surface area contributed by atoms with Crippen LogP contribution in [0.3, 0.4) is 0 Å². The quantitative estimate of drug-likeness (QED) is 0.815. The summed E-state index contributed by atoms with van der Waals surface area (Å²) in [7, 11) is 1.99. The van der Waals surface area contributed by atoms with Gasteiger partial charge < -0.3 is 10.6 Å². The molecule has 4 heteroatoms. The molecule has 1 saturated heterocycles. The molecule has 2 N–H and O–H groups in total. The van der Waals surface area contributed by atoms with E-state index in [-0.39, 0.29) is 0 Å². The van der Waals surface area contributed by atoms with Crippen LogP contribution in [-0.2, 0) is 7.05 Å². The summed E-state index contributed by atoms with van der Waals surface area (Å²) in [6, 6.07) is 2.76. The van der Waals surface area contributed by atoms with Crippen molar-refractivity contribution in [3.8, 4) is 0 Å². The number of nitrogens with zero attached hydrogens (tertiary/aromatic N) is 2. The molecule has 0 spiro atoms. The highest BCUT2D eigenvalue weighted by molar-refractivity contribution is 5.36. The van der Waals surface area contributed by atoms with E-state index in [1.807, 2.05) is 18.7 Å². The predicted octanol–water partition coefficient (Wildman–Crippen LogP) is 1.53. The van der Waals surface area contributed by atoms with Crippen LogP contribution < -0.4 is 10.6 Å². The van der Waals surface area contributed by atoms with Gasteiger partial charge in [0.2, 0.25) is 0 Å². The number of hydrogen-bond acceptors (Lipinski definition) is 3. The van der Waals surface area contributed by atoms with E-state index in [0.29, 0.717) is 6.04 Å². The fourth-order valence-electron chi connectivity index (χ4n) is 2.45. The highest BCUT2D eigenvalue weighted by Crippen LogP contribution is 2.17. The van der Waals surface area contributed by atoms with Crippen molar-refractivity contribution in [3.05, 3.63) is 11.8 Å². The largest absolute Gasteiger partial charge is 0.370 e. The molecule has 2 rings (SSSR count). The molecule has 2 unspecified atom stereocenters. The van der Waals surface area contributed by atoms with Gasteiger partial charge in [-0.1, -0.05) is 0 Å². The minimum absolute atomic E-state index is 0.661. The van der Waals surface area contributed by atoms with Gasteiger partial charge in [-0.05, 0) is 39.2 Å². The van der Waals surface area contributed by atoms with E-state index < -0.39 is 0 Å². The molecular formula is C12H22N4. The first kappa shape index (κ1) is 11.5. The van der Waals surface area contributed by atoms with E-state index >= 15 is 0 Å². The van der Waals surface area contributed by atoms with Gasteiger partial charge in [0.1, 0.15) is 5.82 Å². The summed E-state index contributed by atoms with van der Waals surface area (Å²) >= 11 is 0. The minimum Gasteiger partial charge on any atom is -0.370 e. The van der Waals surface area contributed by atoms with E-state index in [4.69, 9.17) is 0 Å². The van der Waals surface area contributed by atoms with Crippen LogP contribution in [0.4, 0.5) is 5.82 Å². The summed E-state index contributed by atoms with van der Waals surface area (Å²) in [5.41, 5.74) is 1.07. The third kappa shape index (κ3) is 2.76. The van der Waals surface area contributed by atoms with Crippen molar-refractivity contribution < 1.29 is 0 Å². The Labute approximate surface area is 97.4 Å². The first-order chi connectivity index (χ1) is 7.65. The molecule has 2 atom stereocenters. The zero-order valence-electron chi connectivity index (χ0n) is 10.5. The van der Waals surface area contributed by atoms with E-state index in [1.165, 1.54) is 12.8 Å². The topological polar surface area (TPSA) is 41.9 Å². The van der Waals surface area contributed by atoms with Gasteiger partial charge in [-0.2, -0.15) is 5.10 Å². The Hall–Kier alpha value is -1.03. The lowest BCUT2D eigenvalue weighted by Crippen LogP contribution is -2.38. The number of nitrogens with one attached hydrogen (secondary N) is 2. The Morgan fingerprint density at radius 1 is 1.62 bits per heavy atom. The molecule has 0 radical (unpaired) electrons. The molecule has 16 heavy (non-hydrogen) atoms. The van der Waals surface area contributed by atoms with E-state index in [0.717, 1.165) is 30.5 Å². The molecule has 0 amide bonds. The monoisotopic (exact) mass is 222 g/mol. The Morgan fingerprint density at radius 2 is 2.44 bits per heavy atom. The fraction of sp³-hybridized carbons (Fsp3) is 0.750. The second kappa shape index (κ2) is 4.87. The maximum atomic E-state index is 4.33. The molecule has 90 valence electrons. The molecule has 1 aromatic rings. The molecule has 0 saturated carbocycles. The number of aryl methyl sites for hydroxylation is 2. The Bertz CT molecular complexity index is 345. The maximum absolute atomic E-state index is 4.33. The zero-order valence-corrected chi connectivity index (χ0v) is 10.5. The van der Waals surface area contributed by atoms with Gasteiger partial charge in [-0.15, -0.1) is 0 Å². The van der Waals surface area contributed by atoms with Crippen LogP contribution in [0.1, 0.15) is 25.5 Å². The first-order valence-electron chi connectivity index (χ1n) is 6.13. The first-order valence-corrected chi connectivity index (χ1v) is 6.13. The highest BCUT2D eigenvalue weighted by Gasteiger charge is 2.18. The summed E-state index contributed by atoms with van der Waals surface area (Å²) in [6.07, 6.45) is 2.54. The second-order valence-electron chi connectivity index (χ2n) is 4.92.